The summed E-state index contributed by atoms with van der Waals surface area (Å²) in [6.07, 6.45) is 1.47. The molecule has 7 heteroatoms. The van der Waals surface area contributed by atoms with Crippen LogP contribution in [0.1, 0.15) is 11.1 Å². The summed E-state index contributed by atoms with van der Waals surface area (Å²) in [6.45, 7) is 2.10. The number of anilines is 1. The molecule has 0 amide bonds. The number of hydrogen-bond acceptors (Lipinski definition) is 5. The lowest BCUT2D eigenvalue weighted by molar-refractivity contribution is 0.600. The number of nitrogens with zero attached hydrogens (tertiary/aromatic N) is 2. The van der Waals surface area contributed by atoms with Gasteiger partial charge in [-0.2, -0.15) is 5.10 Å². The highest BCUT2D eigenvalue weighted by Crippen LogP contribution is 2.19. The summed E-state index contributed by atoms with van der Waals surface area (Å²) < 4.78 is 26.8. The Balaban J connectivity index is 2.35. The molecule has 100 valence electrons. The number of aromatic nitrogens is 2. The second-order valence-corrected chi connectivity index (χ2v) is 5.67. The Kier molecular flexibility index (Phi) is 3.77. The van der Waals surface area contributed by atoms with E-state index in [9.17, 15) is 8.42 Å². The molecule has 0 bridgehead atoms. The van der Waals surface area contributed by atoms with Crippen molar-refractivity contribution >= 4 is 15.8 Å². The minimum absolute atomic E-state index is 0.185. The van der Waals surface area contributed by atoms with Crippen molar-refractivity contribution in [2.45, 2.75) is 18.4 Å². The molecule has 0 saturated carbocycles. The minimum atomic E-state index is -3.66. The zero-order valence-corrected chi connectivity index (χ0v) is 11.2. The Morgan fingerprint density at radius 3 is 2.68 bits per heavy atom. The fourth-order valence-electron chi connectivity index (χ4n) is 1.69. The Morgan fingerprint density at radius 1 is 1.32 bits per heavy atom. The summed E-state index contributed by atoms with van der Waals surface area (Å²) in [6, 6.07) is 8.13. The fourth-order valence-corrected chi connectivity index (χ4v) is 2.91. The second-order valence-electron chi connectivity index (χ2n) is 4.02. The van der Waals surface area contributed by atoms with Crippen molar-refractivity contribution in [1.29, 1.82) is 0 Å². The van der Waals surface area contributed by atoms with Gasteiger partial charge >= 0.3 is 0 Å². The van der Waals surface area contributed by atoms with Crippen molar-refractivity contribution < 1.29 is 8.42 Å². The molecule has 0 aliphatic heterocycles. The van der Waals surface area contributed by atoms with Gasteiger partial charge < -0.3 is 5.73 Å². The Morgan fingerprint density at radius 2 is 2.11 bits per heavy atom. The van der Waals surface area contributed by atoms with Crippen LogP contribution in [0, 0.1) is 6.92 Å². The van der Waals surface area contributed by atoms with Gasteiger partial charge in [0.2, 0.25) is 0 Å². The molecule has 0 spiro atoms. The summed E-state index contributed by atoms with van der Waals surface area (Å²) in [7, 11) is -3.66. The van der Waals surface area contributed by atoms with Crippen LogP contribution < -0.4 is 10.5 Å². The number of aryl methyl sites for hydroxylation is 1. The third kappa shape index (κ3) is 3.07. The van der Waals surface area contributed by atoms with Gasteiger partial charge in [-0.1, -0.05) is 12.1 Å². The van der Waals surface area contributed by atoms with Gasteiger partial charge in [0, 0.05) is 12.7 Å². The number of sulfonamides is 1. The molecule has 0 unspecified atom stereocenters. The molecular formula is C12H14N4O2S. The van der Waals surface area contributed by atoms with Crippen LogP contribution in [0.25, 0.3) is 0 Å². The predicted octanol–water partition coefficient (Wildman–Crippen LogP) is 1.04. The first-order valence-corrected chi connectivity index (χ1v) is 7.11. The zero-order valence-electron chi connectivity index (χ0n) is 10.4. The van der Waals surface area contributed by atoms with Crippen molar-refractivity contribution in [3.63, 3.8) is 0 Å². The van der Waals surface area contributed by atoms with Gasteiger partial charge in [-0.25, -0.2) is 8.42 Å². The number of benzene rings is 1. The molecule has 19 heavy (non-hydrogen) atoms. The largest absolute Gasteiger partial charge is 0.326 e. The Labute approximate surface area is 111 Å². The summed E-state index contributed by atoms with van der Waals surface area (Å²) in [5.41, 5.74) is 7.04. The van der Waals surface area contributed by atoms with E-state index in [0.717, 1.165) is 5.56 Å². The van der Waals surface area contributed by atoms with Crippen LogP contribution in [0.15, 0.2) is 41.4 Å². The highest BCUT2D eigenvalue weighted by atomic mass is 32.2. The number of hydrogen-bond donors (Lipinski definition) is 2. The van der Waals surface area contributed by atoms with Gasteiger partial charge in [-0.15, -0.1) is 5.10 Å². The highest BCUT2D eigenvalue weighted by molar-refractivity contribution is 7.92. The van der Waals surface area contributed by atoms with Gasteiger partial charge in [0.15, 0.2) is 5.82 Å². The molecule has 1 heterocycles. The molecule has 0 atom stereocenters. The summed E-state index contributed by atoms with van der Waals surface area (Å²) in [5.74, 6) is 0.185. The minimum Gasteiger partial charge on any atom is -0.326 e. The molecule has 0 fully saturated rings. The van der Waals surface area contributed by atoms with Crippen LogP contribution in [-0.4, -0.2) is 18.6 Å². The average Bonchev–Trinajstić information content (AvgIpc) is 2.38. The lowest BCUT2D eigenvalue weighted by Crippen LogP contribution is -2.15. The molecule has 1 aromatic carbocycles. The van der Waals surface area contributed by atoms with E-state index < -0.39 is 10.0 Å². The van der Waals surface area contributed by atoms with Crippen LogP contribution in [0.5, 0.6) is 0 Å². The smallest absolute Gasteiger partial charge is 0.263 e. The van der Waals surface area contributed by atoms with E-state index in [1.165, 1.54) is 18.3 Å². The molecule has 1 aromatic heterocycles. The Hall–Kier alpha value is -1.99. The monoisotopic (exact) mass is 278 g/mol. The van der Waals surface area contributed by atoms with E-state index in [1.54, 1.807) is 25.1 Å². The molecule has 0 aliphatic carbocycles. The van der Waals surface area contributed by atoms with Crippen molar-refractivity contribution in [2.75, 3.05) is 4.72 Å². The average molecular weight is 278 g/mol. The zero-order chi connectivity index (χ0) is 13.9. The standard InChI is InChI=1S/C12H14N4O2S/c1-9-7-10(8-13)4-5-11(9)19(17,18)16-12-3-2-6-14-15-12/h2-7H,8,13H2,1H3,(H,15,16). The van der Waals surface area contributed by atoms with E-state index in [2.05, 4.69) is 14.9 Å². The van der Waals surface area contributed by atoms with E-state index in [1.807, 2.05) is 0 Å². The maximum atomic E-state index is 12.2. The molecule has 0 aliphatic rings. The third-order valence-corrected chi connectivity index (χ3v) is 4.09. The normalized spacial score (nSPS) is 11.3. The molecule has 2 aromatic rings. The van der Waals surface area contributed by atoms with E-state index in [0.29, 0.717) is 12.1 Å². The van der Waals surface area contributed by atoms with Gasteiger partial charge in [-0.05, 0) is 36.2 Å². The molecule has 3 N–H and O–H groups in total. The first kappa shape index (κ1) is 13.4. The van der Waals surface area contributed by atoms with Crippen molar-refractivity contribution in [1.82, 2.24) is 10.2 Å². The molecule has 6 nitrogen and oxygen atoms in total. The SMILES string of the molecule is Cc1cc(CN)ccc1S(=O)(=O)Nc1cccnn1. The number of rotatable bonds is 4. The maximum absolute atomic E-state index is 12.2. The highest BCUT2D eigenvalue weighted by Gasteiger charge is 2.17. The molecule has 0 radical (unpaired) electrons. The predicted molar refractivity (Wildman–Crippen MR) is 71.9 cm³/mol. The molecule has 2 rings (SSSR count). The van der Waals surface area contributed by atoms with E-state index in [-0.39, 0.29) is 10.7 Å². The van der Waals surface area contributed by atoms with Gasteiger partial charge in [-0.3, -0.25) is 4.72 Å². The van der Waals surface area contributed by atoms with Crippen LogP contribution >= 0.6 is 0 Å². The summed E-state index contributed by atoms with van der Waals surface area (Å²) in [5, 5.41) is 7.31. The number of nitrogens with two attached hydrogens (primary N) is 1. The van der Waals surface area contributed by atoms with Crippen molar-refractivity contribution in [3.05, 3.63) is 47.7 Å². The Bertz CT molecular complexity index is 671. The summed E-state index contributed by atoms with van der Waals surface area (Å²) >= 11 is 0. The van der Waals surface area contributed by atoms with E-state index in [4.69, 9.17) is 5.73 Å². The van der Waals surface area contributed by atoms with Gasteiger partial charge in [0.1, 0.15) is 0 Å². The van der Waals surface area contributed by atoms with Gasteiger partial charge in [0.25, 0.3) is 10.0 Å². The fraction of sp³-hybridized carbons (Fsp3) is 0.167. The maximum Gasteiger partial charge on any atom is 0.263 e. The molecule has 0 saturated heterocycles. The molecular weight excluding hydrogens is 264 g/mol. The topological polar surface area (TPSA) is 98.0 Å². The van der Waals surface area contributed by atoms with Crippen LogP contribution in [0.3, 0.4) is 0 Å². The number of nitrogens with one attached hydrogen (secondary N) is 1. The summed E-state index contributed by atoms with van der Waals surface area (Å²) in [4.78, 5) is 0.204. The van der Waals surface area contributed by atoms with Crippen LogP contribution in [0.2, 0.25) is 0 Å². The lowest BCUT2D eigenvalue weighted by Gasteiger charge is -2.10. The van der Waals surface area contributed by atoms with Crippen molar-refractivity contribution in [3.8, 4) is 0 Å². The van der Waals surface area contributed by atoms with Gasteiger partial charge in [0.05, 0.1) is 4.90 Å². The first-order chi connectivity index (χ1) is 9.03. The third-order valence-electron chi connectivity index (χ3n) is 2.58. The first-order valence-electron chi connectivity index (χ1n) is 5.63. The van der Waals surface area contributed by atoms with E-state index >= 15 is 0 Å². The quantitative estimate of drug-likeness (QED) is 0.871. The second kappa shape index (κ2) is 5.33. The van der Waals surface area contributed by atoms with Crippen LogP contribution in [-0.2, 0) is 16.6 Å². The van der Waals surface area contributed by atoms with Crippen molar-refractivity contribution in [2.24, 2.45) is 5.73 Å². The lowest BCUT2D eigenvalue weighted by atomic mass is 10.1. The van der Waals surface area contributed by atoms with Crippen LogP contribution in [0.4, 0.5) is 5.82 Å².